The Morgan fingerprint density at radius 2 is 2.69 bits per heavy atom. The summed E-state index contributed by atoms with van der Waals surface area (Å²) in [5.41, 5.74) is 0. The fraction of sp³-hybridized carbons (Fsp3) is 0.750. The maximum Gasteiger partial charge on any atom is 0.292 e. The van der Waals surface area contributed by atoms with Crippen LogP contribution in [0.2, 0.25) is 0 Å². The maximum atomic E-state index is 5.49. The summed E-state index contributed by atoms with van der Waals surface area (Å²) < 4.78 is 9.37. The van der Waals surface area contributed by atoms with Crippen molar-refractivity contribution in [1.82, 2.24) is 14.7 Å². The number of nitrogens with zero attached hydrogens (tertiary/aromatic N) is 2. The molecule has 0 aromatic carbocycles. The predicted octanol–water partition coefficient (Wildman–Crippen LogP) is 0.916. The minimum absolute atomic E-state index is 0.637. The Morgan fingerprint density at radius 1 is 1.69 bits per heavy atom. The van der Waals surface area contributed by atoms with Crippen molar-refractivity contribution in [3.8, 4) is 5.19 Å². The molecule has 4 nitrogen and oxygen atoms in total. The van der Waals surface area contributed by atoms with Crippen molar-refractivity contribution in [1.29, 1.82) is 0 Å². The van der Waals surface area contributed by atoms with E-state index in [0.29, 0.717) is 11.1 Å². The fourth-order valence-electron chi connectivity index (χ4n) is 1.48. The first-order chi connectivity index (χ1) is 6.45. The Labute approximate surface area is 81.5 Å². The van der Waals surface area contributed by atoms with Gasteiger partial charge in [0, 0.05) is 24.0 Å². The van der Waals surface area contributed by atoms with Crippen LogP contribution in [0.25, 0.3) is 0 Å². The highest BCUT2D eigenvalue weighted by Gasteiger charge is 2.13. The highest BCUT2D eigenvalue weighted by molar-refractivity contribution is 7.07. The van der Waals surface area contributed by atoms with Gasteiger partial charge in [0.1, 0.15) is 6.33 Å². The summed E-state index contributed by atoms with van der Waals surface area (Å²) in [5, 5.41) is 4.04. The summed E-state index contributed by atoms with van der Waals surface area (Å²) in [6, 6.07) is 0. The molecule has 72 valence electrons. The summed E-state index contributed by atoms with van der Waals surface area (Å²) in [4.78, 5) is 3.97. The molecule has 1 aliphatic heterocycles. The normalized spacial score (nSPS) is 22.9. The van der Waals surface area contributed by atoms with Crippen LogP contribution >= 0.6 is 11.5 Å². The van der Waals surface area contributed by atoms with Crippen molar-refractivity contribution >= 4 is 11.5 Å². The van der Waals surface area contributed by atoms with Gasteiger partial charge in [-0.1, -0.05) is 0 Å². The summed E-state index contributed by atoms with van der Waals surface area (Å²) in [7, 11) is 0. The van der Waals surface area contributed by atoms with Crippen LogP contribution in [0.15, 0.2) is 6.33 Å². The number of hydrogen-bond donors (Lipinski definition) is 1. The van der Waals surface area contributed by atoms with E-state index in [-0.39, 0.29) is 0 Å². The zero-order valence-electron chi connectivity index (χ0n) is 7.40. The summed E-state index contributed by atoms with van der Waals surface area (Å²) >= 11 is 1.31. The lowest BCUT2D eigenvalue weighted by Crippen LogP contribution is -2.32. The van der Waals surface area contributed by atoms with Crippen LogP contribution in [0.1, 0.15) is 12.8 Å². The molecule has 2 rings (SSSR count). The molecule has 1 atom stereocenters. The van der Waals surface area contributed by atoms with Gasteiger partial charge >= 0.3 is 0 Å². The van der Waals surface area contributed by atoms with E-state index in [4.69, 9.17) is 4.74 Å². The molecule has 0 radical (unpaired) electrons. The highest BCUT2D eigenvalue weighted by Crippen LogP contribution is 2.14. The number of hydrogen-bond acceptors (Lipinski definition) is 5. The van der Waals surface area contributed by atoms with Crippen molar-refractivity contribution in [3.05, 3.63) is 6.33 Å². The van der Waals surface area contributed by atoms with Crippen molar-refractivity contribution in [3.63, 3.8) is 0 Å². The van der Waals surface area contributed by atoms with Crippen LogP contribution in [-0.4, -0.2) is 29.1 Å². The largest absolute Gasteiger partial charge is 0.469 e. The summed E-state index contributed by atoms with van der Waals surface area (Å²) in [6.45, 7) is 2.98. The van der Waals surface area contributed by atoms with Gasteiger partial charge in [0.05, 0.1) is 6.61 Å². The van der Waals surface area contributed by atoms with Crippen molar-refractivity contribution in [2.75, 3.05) is 19.7 Å². The van der Waals surface area contributed by atoms with E-state index in [1.807, 2.05) is 0 Å². The quantitative estimate of drug-likeness (QED) is 0.786. The number of rotatable bonds is 3. The smallest absolute Gasteiger partial charge is 0.292 e. The molecule has 1 N–H and O–H groups in total. The minimum Gasteiger partial charge on any atom is -0.469 e. The van der Waals surface area contributed by atoms with Crippen molar-refractivity contribution in [2.24, 2.45) is 5.92 Å². The molecule has 5 heteroatoms. The van der Waals surface area contributed by atoms with Crippen LogP contribution in [0.5, 0.6) is 5.19 Å². The van der Waals surface area contributed by atoms with Crippen LogP contribution < -0.4 is 10.1 Å². The molecular formula is C8H13N3OS. The van der Waals surface area contributed by atoms with Crippen LogP contribution in [0.4, 0.5) is 0 Å². The Balaban J connectivity index is 1.72. The number of aromatic nitrogens is 2. The third-order valence-corrected chi connectivity index (χ3v) is 2.76. The zero-order valence-corrected chi connectivity index (χ0v) is 8.22. The molecule has 1 aromatic heterocycles. The van der Waals surface area contributed by atoms with Gasteiger partial charge in [-0.2, -0.15) is 9.36 Å². The molecule has 0 amide bonds. The molecular weight excluding hydrogens is 186 g/mol. The fourth-order valence-corrected chi connectivity index (χ4v) is 1.88. The maximum absolute atomic E-state index is 5.49. The third-order valence-electron chi connectivity index (χ3n) is 2.18. The lowest BCUT2D eigenvalue weighted by atomic mass is 10.0. The average Bonchev–Trinajstić information content (AvgIpc) is 2.69. The number of nitrogens with one attached hydrogen (secondary N) is 1. The number of piperidine rings is 1. The third kappa shape index (κ3) is 2.63. The van der Waals surface area contributed by atoms with E-state index in [1.165, 1.54) is 30.7 Å². The molecule has 0 saturated carbocycles. The molecule has 1 saturated heterocycles. The van der Waals surface area contributed by atoms with Crippen LogP contribution in [0, 0.1) is 5.92 Å². The van der Waals surface area contributed by atoms with Gasteiger partial charge in [-0.3, -0.25) is 0 Å². The molecule has 1 unspecified atom stereocenters. The van der Waals surface area contributed by atoms with Crippen LogP contribution in [-0.2, 0) is 0 Å². The molecule has 2 heterocycles. The van der Waals surface area contributed by atoms with Gasteiger partial charge < -0.3 is 10.1 Å². The van der Waals surface area contributed by atoms with Gasteiger partial charge in [-0.25, -0.2) is 0 Å². The summed E-state index contributed by atoms with van der Waals surface area (Å²) in [6.07, 6.45) is 4.04. The Bertz CT molecular complexity index is 234. The molecule has 0 bridgehead atoms. The van der Waals surface area contributed by atoms with Crippen molar-refractivity contribution in [2.45, 2.75) is 12.8 Å². The lowest BCUT2D eigenvalue weighted by molar-refractivity contribution is 0.218. The van der Waals surface area contributed by atoms with E-state index in [0.717, 1.165) is 19.7 Å². The Hall–Kier alpha value is -0.680. The molecule has 1 aromatic rings. The second-order valence-corrected chi connectivity index (χ2v) is 3.97. The topological polar surface area (TPSA) is 47.0 Å². The van der Waals surface area contributed by atoms with E-state index >= 15 is 0 Å². The van der Waals surface area contributed by atoms with Gasteiger partial charge in [-0.15, -0.1) is 0 Å². The monoisotopic (exact) mass is 199 g/mol. The van der Waals surface area contributed by atoms with Gasteiger partial charge in [-0.05, 0) is 19.4 Å². The van der Waals surface area contributed by atoms with Gasteiger partial charge in [0.2, 0.25) is 0 Å². The first-order valence-electron chi connectivity index (χ1n) is 4.55. The Morgan fingerprint density at radius 3 is 3.38 bits per heavy atom. The second-order valence-electron chi connectivity index (χ2n) is 3.23. The standard InChI is InChI=1S/C8H13N3OS/c1-2-7(4-9-3-1)5-12-8-10-6-11-13-8/h6-7,9H,1-5H2. The van der Waals surface area contributed by atoms with Gasteiger partial charge in [0.15, 0.2) is 0 Å². The average molecular weight is 199 g/mol. The number of ether oxygens (including phenoxy) is 1. The van der Waals surface area contributed by atoms with Crippen molar-refractivity contribution < 1.29 is 4.74 Å². The van der Waals surface area contributed by atoms with Crippen LogP contribution in [0.3, 0.4) is 0 Å². The molecule has 0 spiro atoms. The zero-order chi connectivity index (χ0) is 8.93. The van der Waals surface area contributed by atoms with E-state index in [2.05, 4.69) is 14.7 Å². The van der Waals surface area contributed by atoms with Gasteiger partial charge in [0.25, 0.3) is 5.19 Å². The van der Waals surface area contributed by atoms with E-state index in [1.54, 1.807) is 0 Å². The minimum atomic E-state index is 0.637. The first-order valence-corrected chi connectivity index (χ1v) is 5.32. The second kappa shape index (κ2) is 4.53. The lowest BCUT2D eigenvalue weighted by Gasteiger charge is -2.21. The predicted molar refractivity (Wildman–Crippen MR) is 51.0 cm³/mol. The highest BCUT2D eigenvalue weighted by atomic mass is 32.1. The SMILES string of the molecule is c1nsc(OCC2CCCNC2)n1. The molecule has 1 aliphatic rings. The van der Waals surface area contributed by atoms with E-state index < -0.39 is 0 Å². The Kier molecular flexibility index (Phi) is 3.10. The molecule has 0 aliphatic carbocycles. The molecule has 13 heavy (non-hydrogen) atoms. The molecule has 1 fully saturated rings. The summed E-state index contributed by atoms with van der Waals surface area (Å²) in [5.74, 6) is 0.637. The first kappa shape index (κ1) is 8.90. The van der Waals surface area contributed by atoms with E-state index in [9.17, 15) is 0 Å².